The number of carbonyl (C=O) groups excluding carboxylic acids is 1. The van der Waals surface area contributed by atoms with Crippen LogP contribution >= 0.6 is 0 Å². The summed E-state index contributed by atoms with van der Waals surface area (Å²) in [4.78, 5) is 13.0. The summed E-state index contributed by atoms with van der Waals surface area (Å²) in [5.74, 6) is 1.86. The summed E-state index contributed by atoms with van der Waals surface area (Å²) in [6.45, 7) is 9.22. The van der Waals surface area contributed by atoms with Crippen molar-refractivity contribution in [1.29, 1.82) is 0 Å². The molecule has 6 nitrogen and oxygen atoms in total. The predicted molar refractivity (Wildman–Crippen MR) is 197 cm³/mol. The van der Waals surface area contributed by atoms with E-state index < -0.39 is 0 Å². The van der Waals surface area contributed by atoms with Gasteiger partial charge in [-0.2, -0.15) is 0 Å². The molecule has 1 aliphatic heterocycles. The molecule has 1 saturated heterocycles. The summed E-state index contributed by atoms with van der Waals surface area (Å²) in [7, 11) is 0. The average molecular weight is 671 g/mol. The maximum Gasteiger partial charge on any atom is 0.343 e. The van der Waals surface area contributed by atoms with E-state index in [4.69, 9.17) is 23.7 Å². The smallest absolute Gasteiger partial charge is 0.343 e. The van der Waals surface area contributed by atoms with Gasteiger partial charge in [-0.1, -0.05) is 83.8 Å². The van der Waals surface area contributed by atoms with E-state index in [0.29, 0.717) is 17.9 Å². The number of carbonyl (C=O) groups is 1. The van der Waals surface area contributed by atoms with Crippen molar-refractivity contribution in [3.8, 4) is 28.4 Å². The summed E-state index contributed by atoms with van der Waals surface area (Å²) in [5, 5.41) is 0. The predicted octanol–water partition coefficient (Wildman–Crippen LogP) is 10.8. The zero-order chi connectivity index (χ0) is 34.2. The van der Waals surface area contributed by atoms with Crippen LogP contribution in [-0.4, -0.2) is 45.6 Å². The number of esters is 1. The van der Waals surface area contributed by atoms with Crippen LogP contribution in [0, 0.1) is 5.41 Å². The van der Waals surface area contributed by atoms with Crippen LogP contribution in [0.2, 0.25) is 0 Å². The molecular weight excluding hydrogens is 612 g/mol. The molecule has 6 heteroatoms. The Kier molecular flexibility index (Phi) is 14.9. The van der Waals surface area contributed by atoms with Gasteiger partial charge < -0.3 is 23.7 Å². The standard InChI is InChI=1S/C43H58O6/c1-3-5-6-7-8-9-10-11-15-27-48-39-22-24-41-36(30-39)29-35-28-34(17-23-40(35)41)42(44)49-38-20-18-37(19-21-38)47-26-16-13-12-14-25-45-31-43(4-2)32-46-33-43/h17-24,28,30H,3-16,25-27,29,31-33H2,1-2H3. The van der Waals surface area contributed by atoms with E-state index in [1.54, 1.807) is 12.1 Å². The number of fused-ring (bicyclic) bond motifs is 3. The minimum atomic E-state index is -0.354. The molecule has 0 bridgehead atoms. The first-order valence-electron chi connectivity index (χ1n) is 19.1. The summed E-state index contributed by atoms with van der Waals surface area (Å²) < 4.78 is 29.0. The van der Waals surface area contributed by atoms with Crippen molar-refractivity contribution < 1.29 is 28.5 Å². The number of rotatable bonds is 24. The van der Waals surface area contributed by atoms with Crippen molar-refractivity contribution in [3.63, 3.8) is 0 Å². The highest BCUT2D eigenvalue weighted by molar-refractivity contribution is 5.93. The summed E-state index contributed by atoms with van der Waals surface area (Å²) in [6.07, 6.45) is 18.0. The van der Waals surface area contributed by atoms with Crippen molar-refractivity contribution in [2.45, 2.75) is 110 Å². The SMILES string of the molecule is CCCCCCCCCCCOc1ccc2c(c1)Cc1cc(C(=O)Oc3ccc(OCCCCCCOCC4(CC)COC4)cc3)ccc1-2. The topological polar surface area (TPSA) is 63.2 Å². The van der Waals surface area contributed by atoms with Gasteiger partial charge in [0, 0.05) is 12.0 Å². The Labute approximate surface area is 294 Å². The van der Waals surface area contributed by atoms with Crippen LogP contribution in [-0.2, 0) is 15.9 Å². The normalized spacial score (nSPS) is 14.2. The largest absolute Gasteiger partial charge is 0.494 e. The van der Waals surface area contributed by atoms with Crippen molar-refractivity contribution in [3.05, 3.63) is 77.4 Å². The van der Waals surface area contributed by atoms with E-state index in [2.05, 4.69) is 32.0 Å². The number of hydrogen-bond acceptors (Lipinski definition) is 6. The zero-order valence-corrected chi connectivity index (χ0v) is 30.1. The second kappa shape index (κ2) is 19.7. The molecule has 0 unspecified atom stereocenters. The first kappa shape index (κ1) is 36.9. The quantitative estimate of drug-likeness (QED) is 0.0420. The van der Waals surface area contributed by atoms with Crippen LogP contribution in [0.5, 0.6) is 17.2 Å². The maximum atomic E-state index is 13.0. The fourth-order valence-electron chi connectivity index (χ4n) is 6.70. The van der Waals surface area contributed by atoms with Gasteiger partial charge >= 0.3 is 5.97 Å². The summed E-state index contributed by atoms with van der Waals surface area (Å²) in [5.41, 5.74) is 5.61. The number of benzene rings is 3. The first-order chi connectivity index (χ1) is 24.1. The molecule has 0 amide bonds. The molecular formula is C43H58O6. The second-order valence-electron chi connectivity index (χ2n) is 14.1. The molecule has 3 aromatic carbocycles. The number of unbranched alkanes of at least 4 members (excludes halogenated alkanes) is 11. The van der Waals surface area contributed by atoms with E-state index in [1.165, 1.54) is 68.1 Å². The van der Waals surface area contributed by atoms with E-state index in [0.717, 1.165) is 95.0 Å². The molecule has 1 fully saturated rings. The molecule has 0 atom stereocenters. The third-order valence-electron chi connectivity index (χ3n) is 10.1. The molecule has 0 radical (unpaired) electrons. The fourth-order valence-corrected chi connectivity index (χ4v) is 6.70. The number of ether oxygens (including phenoxy) is 5. The minimum Gasteiger partial charge on any atom is -0.494 e. The molecule has 0 aromatic heterocycles. The van der Waals surface area contributed by atoms with Gasteiger partial charge in [0.15, 0.2) is 0 Å². The van der Waals surface area contributed by atoms with Gasteiger partial charge in [0.25, 0.3) is 0 Å². The molecule has 0 N–H and O–H groups in total. The van der Waals surface area contributed by atoms with Gasteiger partial charge in [-0.3, -0.25) is 0 Å². The Bertz CT molecular complexity index is 1420. The third kappa shape index (κ3) is 11.3. The molecule has 1 aliphatic carbocycles. The third-order valence-corrected chi connectivity index (χ3v) is 10.1. The Morgan fingerprint density at radius 1 is 0.633 bits per heavy atom. The average Bonchev–Trinajstić information content (AvgIpc) is 3.47. The zero-order valence-electron chi connectivity index (χ0n) is 30.1. The van der Waals surface area contributed by atoms with Crippen LogP contribution in [0.15, 0.2) is 60.7 Å². The molecule has 1 heterocycles. The van der Waals surface area contributed by atoms with Gasteiger partial charge in [0.1, 0.15) is 17.2 Å². The summed E-state index contributed by atoms with van der Waals surface area (Å²) >= 11 is 0. The molecule has 3 aromatic rings. The molecule has 266 valence electrons. The van der Waals surface area contributed by atoms with Gasteiger partial charge in [-0.05, 0) is 109 Å². The molecule has 49 heavy (non-hydrogen) atoms. The van der Waals surface area contributed by atoms with Gasteiger partial charge in [0.2, 0.25) is 0 Å². The Morgan fingerprint density at radius 3 is 1.82 bits per heavy atom. The van der Waals surface area contributed by atoms with Crippen molar-refractivity contribution in [2.75, 3.05) is 39.6 Å². The van der Waals surface area contributed by atoms with E-state index >= 15 is 0 Å². The minimum absolute atomic E-state index is 0.267. The summed E-state index contributed by atoms with van der Waals surface area (Å²) in [6, 6.07) is 19.6. The van der Waals surface area contributed by atoms with Crippen molar-refractivity contribution in [2.24, 2.45) is 5.41 Å². The van der Waals surface area contributed by atoms with Crippen molar-refractivity contribution in [1.82, 2.24) is 0 Å². The highest BCUT2D eigenvalue weighted by Crippen LogP contribution is 2.39. The Morgan fingerprint density at radius 2 is 1.18 bits per heavy atom. The fraction of sp³-hybridized carbons (Fsp3) is 0.558. The molecule has 5 rings (SSSR count). The van der Waals surface area contributed by atoms with Crippen LogP contribution in [0.4, 0.5) is 0 Å². The maximum absolute atomic E-state index is 13.0. The van der Waals surface area contributed by atoms with Gasteiger partial charge in [0.05, 0.1) is 38.6 Å². The van der Waals surface area contributed by atoms with Gasteiger partial charge in [-0.25, -0.2) is 4.79 Å². The monoisotopic (exact) mass is 670 g/mol. The van der Waals surface area contributed by atoms with Crippen LogP contribution in [0.1, 0.15) is 125 Å². The second-order valence-corrected chi connectivity index (χ2v) is 14.1. The lowest BCUT2D eigenvalue weighted by atomic mass is 9.84. The van der Waals surface area contributed by atoms with Crippen LogP contribution in [0.3, 0.4) is 0 Å². The van der Waals surface area contributed by atoms with Crippen molar-refractivity contribution >= 4 is 5.97 Å². The highest BCUT2D eigenvalue weighted by atomic mass is 16.5. The molecule has 0 saturated carbocycles. The molecule has 0 spiro atoms. The van der Waals surface area contributed by atoms with Crippen LogP contribution in [0.25, 0.3) is 11.1 Å². The lowest BCUT2D eigenvalue weighted by Crippen LogP contribution is -2.45. The van der Waals surface area contributed by atoms with E-state index in [-0.39, 0.29) is 11.4 Å². The highest BCUT2D eigenvalue weighted by Gasteiger charge is 2.36. The number of hydrogen-bond donors (Lipinski definition) is 0. The van der Waals surface area contributed by atoms with E-state index in [1.807, 2.05) is 30.3 Å². The van der Waals surface area contributed by atoms with E-state index in [9.17, 15) is 4.79 Å². The van der Waals surface area contributed by atoms with Crippen LogP contribution < -0.4 is 14.2 Å². The van der Waals surface area contributed by atoms with Gasteiger partial charge in [-0.15, -0.1) is 0 Å². The lowest BCUT2D eigenvalue weighted by molar-refractivity contribution is -0.150. The Hall–Kier alpha value is -3.35. The lowest BCUT2D eigenvalue weighted by Gasteiger charge is -2.40. The Balaban J connectivity index is 0.962. The first-order valence-corrected chi connectivity index (χ1v) is 19.1. The molecule has 2 aliphatic rings.